The first-order valence-electron chi connectivity index (χ1n) is 8.15. The first-order chi connectivity index (χ1) is 10.8. The molecule has 0 aliphatic carbocycles. The molecule has 0 bridgehead atoms. The van der Waals surface area contributed by atoms with E-state index in [1.54, 1.807) is 19.1 Å². The fourth-order valence-electron chi connectivity index (χ4n) is 2.90. The second kappa shape index (κ2) is 9.03. The summed E-state index contributed by atoms with van der Waals surface area (Å²) in [5.41, 5.74) is 7.11. The van der Waals surface area contributed by atoms with E-state index in [1.165, 1.54) is 6.42 Å². The fraction of sp³-hybridized carbons (Fsp3) is 0.588. The lowest BCUT2D eigenvalue weighted by atomic mass is 10.0. The minimum atomic E-state index is -3.34. The van der Waals surface area contributed by atoms with Crippen molar-refractivity contribution in [3.63, 3.8) is 0 Å². The zero-order valence-corrected chi connectivity index (χ0v) is 17.8. The first kappa shape index (κ1) is 21.2. The number of benzene rings is 1. The first-order valence-corrected chi connectivity index (χ1v) is 9.81. The monoisotopic (exact) mass is 465 g/mol. The summed E-state index contributed by atoms with van der Waals surface area (Å²) >= 11 is 0. The predicted molar refractivity (Wildman–Crippen MR) is 110 cm³/mol. The van der Waals surface area contributed by atoms with Crippen LogP contribution in [0.15, 0.2) is 34.2 Å². The van der Waals surface area contributed by atoms with Gasteiger partial charge in [0.25, 0.3) is 0 Å². The van der Waals surface area contributed by atoms with Gasteiger partial charge in [0.15, 0.2) is 15.8 Å². The van der Waals surface area contributed by atoms with Gasteiger partial charge < -0.3 is 10.6 Å². The fourth-order valence-corrected chi connectivity index (χ4v) is 4.35. The van der Waals surface area contributed by atoms with E-state index in [2.05, 4.69) is 16.8 Å². The quantitative estimate of drug-likeness (QED) is 0.422. The summed E-state index contributed by atoms with van der Waals surface area (Å²) in [5, 5.41) is 0. The lowest BCUT2D eigenvalue weighted by Crippen LogP contribution is -2.44. The molecular weight excluding hydrogens is 437 g/mol. The molecule has 0 spiro atoms. The van der Waals surface area contributed by atoms with Crippen molar-refractivity contribution in [2.45, 2.75) is 44.6 Å². The molecule has 1 aromatic carbocycles. The highest BCUT2D eigenvalue weighted by Gasteiger charge is 2.21. The van der Waals surface area contributed by atoms with E-state index in [9.17, 15) is 8.42 Å². The Morgan fingerprint density at radius 1 is 1.38 bits per heavy atom. The minimum Gasteiger partial charge on any atom is -0.370 e. The molecule has 1 aromatic rings. The van der Waals surface area contributed by atoms with Gasteiger partial charge in [-0.05, 0) is 44.7 Å². The molecule has 1 fully saturated rings. The molecule has 5 nitrogen and oxygen atoms in total. The summed E-state index contributed by atoms with van der Waals surface area (Å²) < 4.78 is 24.9. The number of nitrogens with two attached hydrogens (primary N) is 1. The summed E-state index contributed by atoms with van der Waals surface area (Å²) in [4.78, 5) is 6.81. The topological polar surface area (TPSA) is 75.8 Å². The Morgan fingerprint density at radius 3 is 2.58 bits per heavy atom. The van der Waals surface area contributed by atoms with Crippen LogP contribution in [0.1, 0.15) is 32.3 Å². The van der Waals surface area contributed by atoms with Crippen LogP contribution in [0.5, 0.6) is 0 Å². The lowest BCUT2D eigenvalue weighted by Gasteiger charge is -2.32. The highest BCUT2D eigenvalue weighted by atomic mass is 127. The number of hydrogen-bond acceptors (Lipinski definition) is 3. The van der Waals surface area contributed by atoms with Gasteiger partial charge in [0.1, 0.15) is 0 Å². The van der Waals surface area contributed by atoms with Gasteiger partial charge in [0.05, 0.1) is 16.7 Å². The predicted octanol–water partition coefficient (Wildman–Crippen LogP) is 2.82. The van der Waals surface area contributed by atoms with E-state index in [1.807, 2.05) is 19.1 Å². The van der Waals surface area contributed by atoms with Crippen molar-refractivity contribution in [2.75, 3.05) is 18.8 Å². The Morgan fingerprint density at radius 2 is 2.00 bits per heavy atom. The van der Waals surface area contributed by atoms with Crippen molar-refractivity contribution >= 4 is 39.8 Å². The van der Waals surface area contributed by atoms with Crippen molar-refractivity contribution in [3.8, 4) is 0 Å². The van der Waals surface area contributed by atoms with Crippen LogP contribution >= 0.6 is 24.0 Å². The average molecular weight is 465 g/mol. The molecule has 1 aliphatic heterocycles. The van der Waals surface area contributed by atoms with E-state index in [0.29, 0.717) is 16.8 Å². The number of likely N-dealkylation sites (tertiary alicyclic amines) is 1. The zero-order valence-electron chi connectivity index (χ0n) is 14.6. The van der Waals surface area contributed by atoms with Crippen LogP contribution < -0.4 is 5.73 Å². The molecule has 1 heterocycles. The SMILES string of the molecule is Cc1ccc(S(=O)(=O)CC(C)N=C(N)N2CCCC(C)C2)cc1.I. The third-order valence-corrected chi connectivity index (χ3v) is 6.09. The van der Waals surface area contributed by atoms with Crippen LogP contribution in [0.2, 0.25) is 0 Å². The second-order valence-corrected chi connectivity index (χ2v) is 8.66. The summed E-state index contributed by atoms with van der Waals surface area (Å²) in [5.74, 6) is 1.03. The van der Waals surface area contributed by atoms with Crippen LogP contribution in [-0.4, -0.2) is 44.2 Å². The Labute approximate surface area is 162 Å². The maximum Gasteiger partial charge on any atom is 0.191 e. The zero-order chi connectivity index (χ0) is 17.0. The molecule has 2 atom stereocenters. The van der Waals surface area contributed by atoms with Crippen molar-refractivity contribution in [1.29, 1.82) is 0 Å². The second-order valence-electron chi connectivity index (χ2n) is 6.62. The Bertz CT molecular complexity index is 659. The molecule has 1 aliphatic rings. The number of piperidine rings is 1. The van der Waals surface area contributed by atoms with Gasteiger partial charge in [-0.2, -0.15) is 0 Å². The molecule has 0 saturated carbocycles. The minimum absolute atomic E-state index is 0. The van der Waals surface area contributed by atoms with E-state index >= 15 is 0 Å². The smallest absolute Gasteiger partial charge is 0.191 e. The third kappa shape index (κ3) is 5.91. The summed E-state index contributed by atoms with van der Waals surface area (Å²) in [7, 11) is -3.34. The lowest BCUT2D eigenvalue weighted by molar-refractivity contribution is 0.270. The number of hydrogen-bond donors (Lipinski definition) is 1. The van der Waals surface area contributed by atoms with Gasteiger partial charge in [-0.1, -0.05) is 24.6 Å². The number of halogens is 1. The molecule has 0 radical (unpaired) electrons. The molecular formula is C17H28IN3O2S. The molecule has 7 heteroatoms. The van der Waals surface area contributed by atoms with Crippen LogP contribution in [0.25, 0.3) is 0 Å². The number of aliphatic imine (C=N–C) groups is 1. The van der Waals surface area contributed by atoms with Gasteiger partial charge in [0, 0.05) is 13.1 Å². The van der Waals surface area contributed by atoms with Crippen LogP contribution in [0.4, 0.5) is 0 Å². The highest BCUT2D eigenvalue weighted by molar-refractivity contribution is 14.0. The van der Waals surface area contributed by atoms with E-state index in [-0.39, 0.29) is 35.8 Å². The van der Waals surface area contributed by atoms with Crippen molar-refractivity contribution < 1.29 is 8.42 Å². The third-order valence-electron chi connectivity index (χ3n) is 4.17. The molecule has 136 valence electrons. The molecule has 2 unspecified atom stereocenters. The standard InChI is InChI=1S/C17H27N3O2S.HI/c1-13-6-8-16(9-7-13)23(21,22)12-15(3)19-17(18)20-10-4-5-14(2)11-20;/h6-9,14-15H,4-5,10-12H2,1-3H3,(H2,18,19);1H. The molecule has 24 heavy (non-hydrogen) atoms. The van der Waals surface area contributed by atoms with Gasteiger partial charge in [-0.25, -0.2) is 13.4 Å². The molecule has 0 aromatic heterocycles. The van der Waals surface area contributed by atoms with Gasteiger partial charge in [0.2, 0.25) is 0 Å². The maximum absolute atomic E-state index is 12.4. The van der Waals surface area contributed by atoms with Crippen molar-refractivity contribution in [2.24, 2.45) is 16.6 Å². The maximum atomic E-state index is 12.4. The van der Waals surface area contributed by atoms with Crippen LogP contribution in [0.3, 0.4) is 0 Å². The number of nitrogens with zero attached hydrogens (tertiary/aromatic N) is 2. The molecule has 0 amide bonds. The van der Waals surface area contributed by atoms with E-state index in [4.69, 9.17) is 5.73 Å². The van der Waals surface area contributed by atoms with Crippen molar-refractivity contribution in [1.82, 2.24) is 4.90 Å². The van der Waals surface area contributed by atoms with E-state index in [0.717, 1.165) is 25.1 Å². The molecule has 2 rings (SSSR count). The molecule has 1 saturated heterocycles. The number of guanidine groups is 1. The Hall–Kier alpha value is -0.830. The summed E-state index contributed by atoms with van der Waals surface area (Å²) in [6, 6.07) is 6.56. The molecule has 2 N–H and O–H groups in total. The number of sulfone groups is 1. The number of aryl methyl sites for hydroxylation is 1. The summed E-state index contributed by atoms with van der Waals surface area (Å²) in [6.07, 6.45) is 2.31. The van der Waals surface area contributed by atoms with Gasteiger partial charge >= 0.3 is 0 Å². The summed E-state index contributed by atoms with van der Waals surface area (Å²) in [6.45, 7) is 7.73. The Kier molecular flexibility index (Phi) is 7.98. The largest absolute Gasteiger partial charge is 0.370 e. The van der Waals surface area contributed by atoms with Gasteiger partial charge in [-0.3, -0.25) is 0 Å². The average Bonchev–Trinajstić information content (AvgIpc) is 2.47. The normalized spacial score (nSPS) is 20.4. The van der Waals surface area contributed by atoms with Gasteiger partial charge in [-0.15, -0.1) is 24.0 Å². The highest BCUT2D eigenvalue weighted by Crippen LogP contribution is 2.16. The van der Waals surface area contributed by atoms with Crippen LogP contribution in [0, 0.1) is 12.8 Å². The Balaban J connectivity index is 0.00000288. The van der Waals surface area contributed by atoms with E-state index < -0.39 is 9.84 Å². The van der Waals surface area contributed by atoms with Crippen molar-refractivity contribution in [3.05, 3.63) is 29.8 Å². The van der Waals surface area contributed by atoms with Crippen LogP contribution in [-0.2, 0) is 9.84 Å². The number of rotatable bonds is 4.